The van der Waals surface area contributed by atoms with Gasteiger partial charge in [0.25, 0.3) is 0 Å². The van der Waals surface area contributed by atoms with Crippen LogP contribution in [-0.2, 0) is 17.6 Å². The zero-order valence-electron chi connectivity index (χ0n) is 10.6. The highest BCUT2D eigenvalue weighted by atomic mass is 16.4. The topological polar surface area (TPSA) is 40.5 Å². The Kier molecular flexibility index (Phi) is 5.70. The standard InChI is InChI=1S/C14H21NO2/c1-3-4-12-5-7-13(8-6-12)9-10-15(2)11-14(16)17/h5-8H,3-4,9-11H2,1-2H3,(H,16,17). The Morgan fingerprint density at radius 3 is 2.18 bits per heavy atom. The molecule has 0 aliphatic rings. The first-order chi connectivity index (χ1) is 8.11. The predicted octanol–water partition coefficient (Wildman–Crippen LogP) is 2.20. The summed E-state index contributed by atoms with van der Waals surface area (Å²) in [7, 11) is 1.83. The lowest BCUT2D eigenvalue weighted by molar-refractivity contribution is -0.137. The number of hydrogen-bond donors (Lipinski definition) is 1. The van der Waals surface area contributed by atoms with Crippen LogP contribution in [0.15, 0.2) is 24.3 Å². The van der Waals surface area contributed by atoms with Gasteiger partial charge in [0.15, 0.2) is 0 Å². The fourth-order valence-corrected chi connectivity index (χ4v) is 1.79. The van der Waals surface area contributed by atoms with Crippen LogP contribution in [0.5, 0.6) is 0 Å². The SMILES string of the molecule is CCCc1ccc(CCN(C)CC(=O)O)cc1. The first-order valence-electron chi connectivity index (χ1n) is 6.10. The Labute approximate surface area is 103 Å². The van der Waals surface area contributed by atoms with Crippen molar-refractivity contribution in [1.82, 2.24) is 4.90 Å². The Morgan fingerprint density at radius 1 is 1.18 bits per heavy atom. The van der Waals surface area contributed by atoms with Gasteiger partial charge >= 0.3 is 5.97 Å². The molecule has 0 fully saturated rings. The number of carbonyl (C=O) groups is 1. The van der Waals surface area contributed by atoms with Crippen LogP contribution in [0.4, 0.5) is 0 Å². The maximum Gasteiger partial charge on any atom is 0.317 e. The number of nitrogens with zero attached hydrogens (tertiary/aromatic N) is 1. The first-order valence-corrected chi connectivity index (χ1v) is 6.10. The van der Waals surface area contributed by atoms with E-state index in [1.807, 2.05) is 11.9 Å². The van der Waals surface area contributed by atoms with Gasteiger partial charge in [0.05, 0.1) is 6.54 Å². The van der Waals surface area contributed by atoms with Crippen molar-refractivity contribution in [2.24, 2.45) is 0 Å². The van der Waals surface area contributed by atoms with Crippen LogP contribution in [0.1, 0.15) is 24.5 Å². The van der Waals surface area contributed by atoms with Gasteiger partial charge in [0.1, 0.15) is 0 Å². The second-order valence-corrected chi connectivity index (χ2v) is 4.45. The maximum absolute atomic E-state index is 10.5. The van der Waals surface area contributed by atoms with Gasteiger partial charge in [-0.1, -0.05) is 37.6 Å². The number of likely N-dealkylation sites (N-methyl/N-ethyl adjacent to an activating group) is 1. The molecule has 3 heteroatoms. The van der Waals surface area contributed by atoms with Gasteiger partial charge < -0.3 is 5.11 Å². The predicted molar refractivity (Wildman–Crippen MR) is 69.3 cm³/mol. The van der Waals surface area contributed by atoms with Gasteiger partial charge in [-0.25, -0.2) is 0 Å². The highest BCUT2D eigenvalue weighted by Gasteiger charge is 2.04. The summed E-state index contributed by atoms with van der Waals surface area (Å²) in [6, 6.07) is 8.60. The molecule has 0 aliphatic carbocycles. The summed E-state index contributed by atoms with van der Waals surface area (Å²) in [5.41, 5.74) is 2.64. The minimum absolute atomic E-state index is 0.105. The van der Waals surface area contributed by atoms with Gasteiger partial charge in [0, 0.05) is 6.54 Å². The third-order valence-corrected chi connectivity index (χ3v) is 2.75. The van der Waals surface area contributed by atoms with Crippen LogP contribution < -0.4 is 0 Å². The van der Waals surface area contributed by atoms with E-state index in [9.17, 15) is 4.79 Å². The molecule has 0 saturated heterocycles. The number of hydrogen-bond acceptors (Lipinski definition) is 2. The average Bonchev–Trinajstić information content (AvgIpc) is 2.28. The molecule has 1 aromatic rings. The summed E-state index contributed by atoms with van der Waals surface area (Å²) in [6.07, 6.45) is 3.19. The van der Waals surface area contributed by atoms with E-state index in [0.29, 0.717) is 0 Å². The van der Waals surface area contributed by atoms with Crippen LogP contribution in [0.3, 0.4) is 0 Å². The monoisotopic (exact) mass is 235 g/mol. The van der Waals surface area contributed by atoms with E-state index in [0.717, 1.165) is 19.4 Å². The molecule has 0 radical (unpaired) electrons. The summed E-state index contributed by atoms with van der Waals surface area (Å²) in [4.78, 5) is 12.3. The molecule has 0 unspecified atom stereocenters. The van der Waals surface area contributed by atoms with Crippen molar-refractivity contribution >= 4 is 5.97 Å². The molecule has 1 rings (SSSR count). The average molecular weight is 235 g/mol. The van der Waals surface area contributed by atoms with E-state index in [1.54, 1.807) is 0 Å². The highest BCUT2D eigenvalue weighted by molar-refractivity contribution is 5.68. The van der Waals surface area contributed by atoms with Crippen molar-refractivity contribution in [2.75, 3.05) is 20.1 Å². The quantitative estimate of drug-likeness (QED) is 0.787. The fourth-order valence-electron chi connectivity index (χ4n) is 1.79. The van der Waals surface area contributed by atoms with Crippen molar-refractivity contribution in [3.63, 3.8) is 0 Å². The molecule has 0 bridgehead atoms. The van der Waals surface area contributed by atoms with Crippen molar-refractivity contribution in [2.45, 2.75) is 26.2 Å². The third-order valence-electron chi connectivity index (χ3n) is 2.75. The largest absolute Gasteiger partial charge is 0.480 e. The Balaban J connectivity index is 2.38. The molecule has 0 aliphatic heterocycles. The summed E-state index contributed by atoms with van der Waals surface area (Å²) in [5.74, 6) is -0.772. The second kappa shape index (κ2) is 7.07. The molecule has 0 aromatic heterocycles. The van der Waals surface area contributed by atoms with Crippen molar-refractivity contribution in [3.05, 3.63) is 35.4 Å². The molecular weight excluding hydrogens is 214 g/mol. The molecule has 0 heterocycles. The molecule has 94 valence electrons. The molecule has 0 spiro atoms. The molecular formula is C14H21NO2. The lowest BCUT2D eigenvalue weighted by Crippen LogP contribution is -2.27. The van der Waals surface area contributed by atoms with Gasteiger partial charge in [-0.3, -0.25) is 9.69 Å². The van der Waals surface area contributed by atoms with Crippen molar-refractivity contribution in [1.29, 1.82) is 0 Å². The van der Waals surface area contributed by atoms with Crippen LogP contribution in [-0.4, -0.2) is 36.1 Å². The summed E-state index contributed by atoms with van der Waals surface area (Å²) >= 11 is 0. The number of aryl methyl sites for hydroxylation is 1. The zero-order chi connectivity index (χ0) is 12.7. The summed E-state index contributed by atoms with van der Waals surface area (Å²) in [6.45, 7) is 3.06. The van der Waals surface area contributed by atoms with Gasteiger partial charge in [-0.2, -0.15) is 0 Å². The number of benzene rings is 1. The minimum atomic E-state index is -0.772. The first kappa shape index (κ1) is 13.7. The van der Waals surface area contributed by atoms with E-state index >= 15 is 0 Å². The van der Waals surface area contributed by atoms with E-state index in [4.69, 9.17) is 5.11 Å². The van der Waals surface area contributed by atoms with Crippen LogP contribution in [0.25, 0.3) is 0 Å². The number of aliphatic carboxylic acids is 1. The molecule has 0 saturated carbocycles. The zero-order valence-corrected chi connectivity index (χ0v) is 10.6. The smallest absolute Gasteiger partial charge is 0.317 e. The van der Waals surface area contributed by atoms with E-state index in [2.05, 4.69) is 31.2 Å². The number of carboxylic acid groups (broad SMARTS) is 1. The minimum Gasteiger partial charge on any atom is -0.480 e. The third kappa shape index (κ3) is 5.50. The van der Waals surface area contributed by atoms with Gasteiger partial charge in [-0.05, 0) is 31.0 Å². The number of carboxylic acids is 1. The Bertz CT molecular complexity index is 346. The van der Waals surface area contributed by atoms with E-state index in [1.165, 1.54) is 17.5 Å². The van der Waals surface area contributed by atoms with E-state index < -0.39 is 5.97 Å². The normalized spacial score (nSPS) is 10.8. The van der Waals surface area contributed by atoms with Crippen molar-refractivity contribution in [3.8, 4) is 0 Å². The molecule has 0 atom stereocenters. The lowest BCUT2D eigenvalue weighted by atomic mass is 10.1. The van der Waals surface area contributed by atoms with Crippen LogP contribution >= 0.6 is 0 Å². The Morgan fingerprint density at radius 2 is 1.71 bits per heavy atom. The summed E-state index contributed by atoms with van der Waals surface area (Å²) < 4.78 is 0. The van der Waals surface area contributed by atoms with Crippen LogP contribution in [0.2, 0.25) is 0 Å². The van der Waals surface area contributed by atoms with Crippen molar-refractivity contribution < 1.29 is 9.90 Å². The number of rotatable bonds is 7. The molecule has 3 nitrogen and oxygen atoms in total. The fraction of sp³-hybridized carbons (Fsp3) is 0.500. The highest BCUT2D eigenvalue weighted by Crippen LogP contribution is 2.07. The maximum atomic E-state index is 10.5. The molecule has 0 amide bonds. The molecule has 17 heavy (non-hydrogen) atoms. The lowest BCUT2D eigenvalue weighted by Gasteiger charge is -2.13. The van der Waals surface area contributed by atoms with E-state index in [-0.39, 0.29) is 6.54 Å². The van der Waals surface area contributed by atoms with Gasteiger partial charge in [0.2, 0.25) is 0 Å². The summed E-state index contributed by atoms with van der Waals surface area (Å²) in [5, 5.41) is 8.63. The Hall–Kier alpha value is -1.35. The molecule has 1 N–H and O–H groups in total. The molecule has 1 aromatic carbocycles. The second-order valence-electron chi connectivity index (χ2n) is 4.45. The van der Waals surface area contributed by atoms with Crippen LogP contribution in [0, 0.1) is 0 Å². The van der Waals surface area contributed by atoms with Gasteiger partial charge in [-0.15, -0.1) is 0 Å².